The number of aromatic nitrogens is 3. The first kappa shape index (κ1) is 21.0. The largest absolute Gasteiger partial charge is 0.344 e. The lowest BCUT2D eigenvalue weighted by Crippen LogP contribution is -2.20. The molecule has 1 N–H and O–H groups in total. The van der Waals surface area contributed by atoms with Crippen molar-refractivity contribution in [2.45, 2.75) is 52.7 Å². The van der Waals surface area contributed by atoms with E-state index >= 15 is 0 Å². The van der Waals surface area contributed by atoms with Crippen LogP contribution in [-0.4, -0.2) is 32.4 Å². The number of benzene rings is 1. The van der Waals surface area contributed by atoms with E-state index in [0.29, 0.717) is 5.16 Å². The first-order valence-corrected chi connectivity index (χ1v) is 10.7. The topological polar surface area (TPSA) is 72.2 Å². The summed E-state index contributed by atoms with van der Waals surface area (Å²) in [5.41, 5.74) is 9.10. The predicted molar refractivity (Wildman–Crippen MR) is 120 cm³/mol. The van der Waals surface area contributed by atoms with Crippen LogP contribution in [-0.2, 0) is 11.3 Å². The van der Waals surface area contributed by atoms with Gasteiger partial charge in [0.05, 0.1) is 17.5 Å². The molecule has 7 heteroatoms. The van der Waals surface area contributed by atoms with Gasteiger partial charge in [0.25, 0.3) is 5.91 Å². The predicted octanol–water partition coefficient (Wildman–Crippen LogP) is 4.32. The van der Waals surface area contributed by atoms with Crippen LogP contribution in [0.15, 0.2) is 34.5 Å². The highest BCUT2D eigenvalue weighted by Gasteiger charge is 2.14. The number of rotatable bonds is 7. The van der Waals surface area contributed by atoms with Crippen molar-refractivity contribution in [3.63, 3.8) is 0 Å². The number of carbonyl (C=O) groups excluding carboxylic acids is 1. The van der Waals surface area contributed by atoms with Gasteiger partial charge in [-0.25, -0.2) is 15.4 Å². The molecule has 0 unspecified atom stereocenters. The van der Waals surface area contributed by atoms with E-state index < -0.39 is 0 Å². The summed E-state index contributed by atoms with van der Waals surface area (Å²) in [5.74, 6) is 0.0377. The molecule has 3 aromatic rings. The molecule has 152 valence electrons. The summed E-state index contributed by atoms with van der Waals surface area (Å²) in [6.07, 6.45) is 2.81. The van der Waals surface area contributed by atoms with Gasteiger partial charge in [-0.2, -0.15) is 5.10 Å². The standard InChI is InChI=1S/C22H27N5OS/c1-6-10-27-17(5)19(18-9-7-8-14(2)21(18)27)12-23-26-20(28)13-29-22-24-15(3)11-16(4)25-22/h7-9,11-12H,6,10,13H2,1-5H3,(H,26,28)/b23-12+. The molecule has 3 rings (SSSR count). The summed E-state index contributed by atoms with van der Waals surface area (Å²) in [6, 6.07) is 8.21. The molecule has 0 spiro atoms. The van der Waals surface area contributed by atoms with Crippen molar-refractivity contribution in [1.82, 2.24) is 20.0 Å². The number of amides is 1. The monoisotopic (exact) mass is 409 g/mol. The van der Waals surface area contributed by atoms with E-state index in [-0.39, 0.29) is 11.7 Å². The molecule has 0 aliphatic carbocycles. The van der Waals surface area contributed by atoms with Crippen LogP contribution in [0.5, 0.6) is 0 Å². The van der Waals surface area contributed by atoms with Crippen LogP contribution in [0.3, 0.4) is 0 Å². The van der Waals surface area contributed by atoms with Crippen molar-refractivity contribution >= 4 is 34.8 Å². The van der Waals surface area contributed by atoms with Crippen LogP contribution in [0.25, 0.3) is 10.9 Å². The molecule has 2 heterocycles. The minimum atomic E-state index is -0.180. The summed E-state index contributed by atoms with van der Waals surface area (Å²) in [5, 5.41) is 5.98. The number of nitrogens with zero attached hydrogens (tertiary/aromatic N) is 4. The van der Waals surface area contributed by atoms with Gasteiger partial charge in [-0.3, -0.25) is 4.79 Å². The highest BCUT2D eigenvalue weighted by atomic mass is 32.2. The quantitative estimate of drug-likeness (QED) is 0.273. The number of hydrazone groups is 1. The molecule has 0 fully saturated rings. The number of aryl methyl sites for hydroxylation is 4. The lowest BCUT2D eigenvalue weighted by atomic mass is 10.1. The third kappa shape index (κ3) is 4.85. The number of fused-ring (bicyclic) bond motifs is 1. The van der Waals surface area contributed by atoms with Crippen molar-refractivity contribution in [1.29, 1.82) is 0 Å². The van der Waals surface area contributed by atoms with E-state index in [4.69, 9.17) is 0 Å². The van der Waals surface area contributed by atoms with Gasteiger partial charge in [0.1, 0.15) is 0 Å². The summed E-state index contributed by atoms with van der Waals surface area (Å²) >= 11 is 1.31. The molecule has 6 nitrogen and oxygen atoms in total. The molecule has 0 atom stereocenters. The van der Waals surface area contributed by atoms with Crippen LogP contribution in [0.2, 0.25) is 0 Å². The first-order chi connectivity index (χ1) is 13.9. The molecule has 1 amide bonds. The van der Waals surface area contributed by atoms with Gasteiger partial charge in [-0.05, 0) is 45.7 Å². The molecule has 0 saturated carbocycles. The second kappa shape index (κ2) is 9.22. The minimum absolute atomic E-state index is 0.180. The molecule has 0 bridgehead atoms. The molecule has 0 aliphatic heterocycles. The van der Waals surface area contributed by atoms with Crippen LogP contribution < -0.4 is 5.43 Å². The number of hydrogen-bond acceptors (Lipinski definition) is 5. The fourth-order valence-electron chi connectivity index (χ4n) is 3.50. The molecule has 0 radical (unpaired) electrons. The fraction of sp³-hybridized carbons (Fsp3) is 0.364. The zero-order chi connectivity index (χ0) is 21.0. The maximum atomic E-state index is 12.2. The molecule has 0 saturated heterocycles. The number of thioether (sulfide) groups is 1. The van der Waals surface area contributed by atoms with Gasteiger partial charge in [0, 0.05) is 34.6 Å². The van der Waals surface area contributed by atoms with E-state index in [2.05, 4.69) is 64.0 Å². The number of para-hydroxylation sites is 1. The zero-order valence-electron chi connectivity index (χ0n) is 17.6. The van der Waals surface area contributed by atoms with Gasteiger partial charge in [0.15, 0.2) is 5.16 Å². The summed E-state index contributed by atoms with van der Waals surface area (Å²) in [4.78, 5) is 20.9. The molecule has 0 aliphatic rings. The Morgan fingerprint density at radius 2 is 1.93 bits per heavy atom. The van der Waals surface area contributed by atoms with Gasteiger partial charge in [-0.1, -0.05) is 36.9 Å². The van der Waals surface area contributed by atoms with Crippen molar-refractivity contribution in [2.75, 3.05) is 5.75 Å². The van der Waals surface area contributed by atoms with E-state index in [1.807, 2.05) is 19.9 Å². The fourth-order valence-corrected chi connectivity index (χ4v) is 4.24. The summed E-state index contributed by atoms with van der Waals surface area (Å²) in [7, 11) is 0. The Labute approximate surface area is 175 Å². The summed E-state index contributed by atoms with van der Waals surface area (Å²) < 4.78 is 2.33. The average molecular weight is 410 g/mol. The second-order valence-corrected chi connectivity index (χ2v) is 8.08. The maximum Gasteiger partial charge on any atom is 0.250 e. The Morgan fingerprint density at radius 3 is 2.62 bits per heavy atom. The smallest absolute Gasteiger partial charge is 0.250 e. The normalized spacial score (nSPS) is 11.5. The maximum absolute atomic E-state index is 12.2. The Hall–Kier alpha value is -2.67. The van der Waals surface area contributed by atoms with E-state index in [1.54, 1.807) is 6.21 Å². The van der Waals surface area contributed by atoms with Crippen molar-refractivity contribution in [3.05, 3.63) is 52.5 Å². The van der Waals surface area contributed by atoms with Crippen LogP contribution in [0, 0.1) is 27.7 Å². The summed E-state index contributed by atoms with van der Waals surface area (Å²) in [6.45, 7) is 11.2. The van der Waals surface area contributed by atoms with Gasteiger partial charge in [0.2, 0.25) is 0 Å². The number of carbonyl (C=O) groups is 1. The average Bonchev–Trinajstić information content (AvgIpc) is 2.93. The lowest BCUT2D eigenvalue weighted by Gasteiger charge is -2.07. The van der Waals surface area contributed by atoms with Gasteiger partial charge < -0.3 is 4.57 Å². The first-order valence-electron chi connectivity index (χ1n) is 9.76. The molecule has 29 heavy (non-hydrogen) atoms. The second-order valence-electron chi connectivity index (χ2n) is 7.14. The van der Waals surface area contributed by atoms with E-state index in [9.17, 15) is 4.79 Å². The molecular formula is C22H27N5OS. The van der Waals surface area contributed by atoms with Gasteiger partial charge in [-0.15, -0.1) is 0 Å². The minimum Gasteiger partial charge on any atom is -0.344 e. The Balaban J connectivity index is 1.71. The molecular weight excluding hydrogens is 382 g/mol. The SMILES string of the molecule is CCCn1c(C)c(/C=N/NC(=O)CSc2nc(C)cc(C)n2)c2cccc(C)c21. The van der Waals surface area contributed by atoms with Crippen molar-refractivity contribution < 1.29 is 4.79 Å². The van der Waals surface area contributed by atoms with Gasteiger partial charge >= 0.3 is 0 Å². The third-order valence-electron chi connectivity index (χ3n) is 4.72. The third-order valence-corrected chi connectivity index (χ3v) is 5.56. The highest BCUT2D eigenvalue weighted by Crippen LogP contribution is 2.27. The van der Waals surface area contributed by atoms with Crippen molar-refractivity contribution in [3.8, 4) is 0 Å². The molecule has 1 aromatic carbocycles. The van der Waals surface area contributed by atoms with Crippen molar-refractivity contribution in [2.24, 2.45) is 5.10 Å². The number of hydrogen-bond donors (Lipinski definition) is 1. The van der Waals surface area contributed by atoms with E-state index in [0.717, 1.165) is 41.0 Å². The zero-order valence-corrected chi connectivity index (χ0v) is 18.4. The van der Waals surface area contributed by atoms with Crippen LogP contribution in [0.4, 0.5) is 0 Å². The Kier molecular flexibility index (Phi) is 6.69. The molecule has 2 aromatic heterocycles. The van der Waals surface area contributed by atoms with E-state index in [1.165, 1.54) is 22.8 Å². The van der Waals surface area contributed by atoms with Crippen LogP contribution in [0.1, 0.15) is 41.6 Å². The van der Waals surface area contributed by atoms with Crippen LogP contribution >= 0.6 is 11.8 Å². The Morgan fingerprint density at radius 1 is 1.21 bits per heavy atom. The lowest BCUT2D eigenvalue weighted by molar-refractivity contribution is -0.118. The highest BCUT2D eigenvalue weighted by molar-refractivity contribution is 7.99. The Bertz CT molecular complexity index is 1050. The number of nitrogens with one attached hydrogen (secondary N) is 1.